The lowest BCUT2D eigenvalue weighted by atomic mass is 9.83. The minimum atomic E-state index is -1.89. The summed E-state index contributed by atoms with van der Waals surface area (Å²) in [6, 6.07) is 12.3. The molecule has 2 amide bonds. The summed E-state index contributed by atoms with van der Waals surface area (Å²) in [6.45, 7) is 3.74. The van der Waals surface area contributed by atoms with Gasteiger partial charge in [0.05, 0.1) is 11.7 Å². The summed E-state index contributed by atoms with van der Waals surface area (Å²) in [5.74, 6) is -1.44. The van der Waals surface area contributed by atoms with Crippen molar-refractivity contribution in [3.8, 4) is 0 Å². The summed E-state index contributed by atoms with van der Waals surface area (Å²) in [5, 5.41) is 25.6. The zero-order chi connectivity index (χ0) is 25.4. The number of hydrazine groups is 1. The van der Waals surface area contributed by atoms with Crippen LogP contribution in [0.2, 0.25) is 0 Å². The second-order valence-electron chi connectivity index (χ2n) is 9.77. The van der Waals surface area contributed by atoms with Gasteiger partial charge in [0, 0.05) is 50.1 Å². The number of nitrogens with one attached hydrogen (secondary N) is 2. The SMILES string of the molecule is C[C@@H](NC(=O)[C@H](O)[C@@H](O)C(=O)N1C[C@H]2C[C@@H](C1)c1cccc(=O)n1C2)c1ccc(N2C=CCN2)cc1. The molecule has 0 unspecified atom stereocenters. The van der Waals surface area contributed by atoms with Crippen LogP contribution in [-0.4, -0.2) is 63.3 Å². The standard InChI is InChI=1S/C26H31N5O5/c1-16(18-6-8-20(9-7-18)31-11-3-10-27-31)28-25(35)23(33)24(34)26(36)29-13-17-12-19(15-29)21-4-2-5-22(32)30(21)14-17/h2-9,11,16-17,19,23-24,27,33-34H,10,12-15H2,1H3,(H,28,35)/t16-,17-,19+,23-,24-/m1/s1. The molecule has 1 aromatic heterocycles. The second kappa shape index (κ2) is 9.88. The van der Waals surface area contributed by atoms with Crippen molar-refractivity contribution < 1.29 is 19.8 Å². The number of aliphatic hydroxyl groups is 2. The number of hydrogen-bond acceptors (Lipinski definition) is 7. The Bertz CT molecular complexity index is 1230. The molecule has 0 radical (unpaired) electrons. The van der Waals surface area contributed by atoms with Gasteiger partial charge in [0.2, 0.25) is 0 Å². The fourth-order valence-corrected chi connectivity index (χ4v) is 5.39. The summed E-state index contributed by atoms with van der Waals surface area (Å²) in [5.41, 5.74) is 5.77. The zero-order valence-corrected chi connectivity index (χ0v) is 20.1. The third-order valence-electron chi connectivity index (χ3n) is 7.28. The fraction of sp³-hybridized carbons (Fsp3) is 0.423. The first-order chi connectivity index (χ1) is 17.3. The zero-order valence-electron chi connectivity index (χ0n) is 20.1. The van der Waals surface area contributed by atoms with Crippen molar-refractivity contribution in [2.24, 2.45) is 5.92 Å². The van der Waals surface area contributed by atoms with Gasteiger partial charge in [-0.1, -0.05) is 24.3 Å². The van der Waals surface area contributed by atoms with E-state index in [4.69, 9.17) is 0 Å². The minimum absolute atomic E-state index is 0.0252. The molecule has 1 fully saturated rings. The Morgan fingerprint density at radius 3 is 2.56 bits per heavy atom. The van der Waals surface area contributed by atoms with Crippen LogP contribution in [0.3, 0.4) is 0 Å². The average Bonchev–Trinajstić information content (AvgIpc) is 3.43. The number of likely N-dealkylation sites (tertiary alicyclic amines) is 1. The number of piperidine rings is 1. The molecule has 10 heteroatoms. The summed E-state index contributed by atoms with van der Waals surface area (Å²) in [7, 11) is 0. The molecule has 4 N–H and O–H groups in total. The molecule has 5 rings (SSSR count). The molecule has 3 aliphatic heterocycles. The molecular weight excluding hydrogens is 462 g/mol. The Morgan fingerprint density at radius 1 is 1.06 bits per heavy atom. The van der Waals surface area contributed by atoms with Gasteiger partial charge in [-0.2, -0.15) is 0 Å². The second-order valence-corrected chi connectivity index (χ2v) is 9.77. The Labute approximate surface area is 208 Å². The molecule has 0 spiro atoms. The highest BCUT2D eigenvalue weighted by Gasteiger charge is 2.40. The van der Waals surface area contributed by atoms with E-state index in [1.807, 2.05) is 47.6 Å². The van der Waals surface area contributed by atoms with Crippen LogP contribution in [-0.2, 0) is 16.1 Å². The third-order valence-corrected chi connectivity index (χ3v) is 7.28. The number of pyridine rings is 1. The molecule has 4 heterocycles. The Hall–Kier alpha value is -3.47. The maximum atomic E-state index is 13.0. The largest absolute Gasteiger partial charge is 0.380 e. The Balaban J connectivity index is 1.19. The van der Waals surface area contributed by atoms with E-state index in [2.05, 4.69) is 10.7 Å². The summed E-state index contributed by atoms with van der Waals surface area (Å²) in [4.78, 5) is 39.4. The highest BCUT2D eigenvalue weighted by atomic mass is 16.3. The maximum Gasteiger partial charge on any atom is 0.254 e. The molecule has 0 saturated carbocycles. The van der Waals surface area contributed by atoms with Gasteiger partial charge in [-0.3, -0.25) is 19.4 Å². The molecule has 36 heavy (non-hydrogen) atoms. The molecule has 2 bridgehead atoms. The van der Waals surface area contributed by atoms with E-state index < -0.39 is 30.1 Å². The van der Waals surface area contributed by atoms with Crippen LogP contribution >= 0.6 is 0 Å². The molecule has 5 atom stereocenters. The van der Waals surface area contributed by atoms with Crippen molar-refractivity contribution in [2.75, 3.05) is 24.6 Å². The molecule has 2 aromatic rings. The predicted octanol–water partition coefficient (Wildman–Crippen LogP) is 0.232. The smallest absolute Gasteiger partial charge is 0.254 e. The van der Waals surface area contributed by atoms with E-state index in [-0.39, 0.29) is 17.4 Å². The summed E-state index contributed by atoms with van der Waals surface area (Å²) in [6.07, 6.45) is 1.02. The monoisotopic (exact) mass is 493 g/mol. The van der Waals surface area contributed by atoms with Gasteiger partial charge in [-0.25, -0.2) is 5.43 Å². The normalized spacial score (nSPS) is 23.1. The Morgan fingerprint density at radius 2 is 1.83 bits per heavy atom. The molecule has 190 valence electrons. The lowest BCUT2D eigenvalue weighted by Crippen LogP contribution is -2.55. The number of hydrogen-bond donors (Lipinski definition) is 4. The minimum Gasteiger partial charge on any atom is -0.380 e. The van der Waals surface area contributed by atoms with Crippen molar-refractivity contribution in [2.45, 2.75) is 44.1 Å². The molecule has 3 aliphatic rings. The van der Waals surface area contributed by atoms with Gasteiger partial charge >= 0.3 is 0 Å². The number of anilines is 1. The maximum absolute atomic E-state index is 13.0. The van der Waals surface area contributed by atoms with E-state index >= 15 is 0 Å². The number of aromatic nitrogens is 1. The average molecular weight is 494 g/mol. The summed E-state index contributed by atoms with van der Waals surface area (Å²) >= 11 is 0. The quantitative estimate of drug-likeness (QED) is 0.454. The molecule has 1 aromatic carbocycles. The number of benzene rings is 1. The number of rotatable bonds is 6. The van der Waals surface area contributed by atoms with E-state index in [0.29, 0.717) is 19.6 Å². The van der Waals surface area contributed by atoms with Crippen LogP contribution < -0.4 is 21.3 Å². The molecular formula is C26H31N5O5. The van der Waals surface area contributed by atoms with Crippen LogP contribution in [0.4, 0.5) is 5.69 Å². The van der Waals surface area contributed by atoms with Gasteiger partial charge < -0.3 is 25.0 Å². The highest BCUT2D eigenvalue weighted by Crippen LogP contribution is 2.35. The van der Waals surface area contributed by atoms with E-state index in [0.717, 1.165) is 29.9 Å². The van der Waals surface area contributed by atoms with Crippen molar-refractivity contribution in [1.29, 1.82) is 0 Å². The fourth-order valence-electron chi connectivity index (χ4n) is 5.39. The van der Waals surface area contributed by atoms with Crippen LogP contribution in [0, 0.1) is 5.92 Å². The molecule has 0 aliphatic carbocycles. The van der Waals surface area contributed by atoms with E-state index in [1.165, 1.54) is 11.0 Å². The van der Waals surface area contributed by atoms with Gasteiger partial charge in [0.1, 0.15) is 0 Å². The van der Waals surface area contributed by atoms with Gasteiger partial charge in [0.15, 0.2) is 12.2 Å². The van der Waals surface area contributed by atoms with Gasteiger partial charge in [-0.05, 0) is 43.0 Å². The number of carbonyl (C=O) groups excluding carboxylic acids is 2. The third kappa shape index (κ3) is 4.67. The van der Waals surface area contributed by atoms with E-state index in [1.54, 1.807) is 17.6 Å². The van der Waals surface area contributed by atoms with Crippen molar-refractivity contribution in [1.82, 2.24) is 20.2 Å². The first-order valence-corrected chi connectivity index (χ1v) is 12.3. The van der Waals surface area contributed by atoms with Crippen LogP contribution in [0.15, 0.2) is 59.5 Å². The number of aliphatic hydroxyl groups excluding tert-OH is 2. The number of nitrogens with zero attached hydrogens (tertiary/aromatic N) is 3. The lowest BCUT2D eigenvalue weighted by Gasteiger charge is -2.43. The van der Waals surface area contributed by atoms with Crippen LogP contribution in [0.5, 0.6) is 0 Å². The van der Waals surface area contributed by atoms with Crippen LogP contribution in [0.1, 0.15) is 36.6 Å². The number of amides is 2. The summed E-state index contributed by atoms with van der Waals surface area (Å²) < 4.78 is 1.76. The first-order valence-electron chi connectivity index (χ1n) is 12.3. The predicted molar refractivity (Wildman–Crippen MR) is 133 cm³/mol. The number of fused-ring (bicyclic) bond motifs is 4. The Kier molecular flexibility index (Phi) is 6.65. The highest BCUT2D eigenvalue weighted by molar-refractivity contribution is 5.91. The molecule has 1 saturated heterocycles. The van der Waals surface area contributed by atoms with Crippen LogP contribution in [0.25, 0.3) is 0 Å². The lowest BCUT2D eigenvalue weighted by molar-refractivity contribution is -0.155. The number of carbonyl (C=O) groups is 2. The molecule has 10 nitrogen and oxygen atoms in total. The van der Waals surface area contributed by atoms with Crippen molar-refractivity contribution in [3.05, 3.63) is 76.4 Å². The van der Waals surface area contributed by atoms with Gasteiger partial charge in [-0.15, -0.1) is 0 Å². The van der Waals surface area contributed by atoms with Gasteiger partial charge in [0.25, 0.3) is 17.4 Å². The first kappa shape index (κ1) is 24.2. The van der Waals surface area contributed by atoms with E-state index in [9.17, 15) is 24.6 Å². The van der Waals surface area contributed by atoms with Crippen molar-refractivity contribution in [3.63, 3.8) is 0 Å². The topological polar surface area (TPSA) is 127 Å². The van der Waals surface area contributed by atoms with Crippen molar-refractivity contribution >= 4 is 17.5 Å².